The molecule has 0 bridgehead atoms. The molecule has 72 valence electrons. The van der Waals surface area contributed by atoms with Crippen molar-refractivity contribution in [2.75, 3.05) is 0 Å². The lowest BCUT2D eigenvalue weighted by molar-refractivity contribution is 0.0652. The molecule has 0 fully saturated rings. The Morgan fingerprint density at radius 3 is 2.62 bits per heavy atom. The minimum atomic E-state index is -0.948. The molecule has 1 aromatic heterocycles. The highest BCUT2D eigenvalue weighted by Crippen LogP contribution is 2.24. The third-order valence-electron chi connectivity index (χ3n) is 1.74. The number of aliphatic hydroxyl groups excluding tert-OH is 1. The maximum absolute atomic E-state index is 11.5. The van der Waals surface area contributed by atoms with Gasteiger partial charge in [0.1, 0.15) is 6.10 Å². The highest BCUT2D eigenvalue weighted by Gasteiger charge is 2.23. The van der Waals surface area contributed by atoms with Crippen LogP contribution in [0.4, 0.5) is 0 Å². The van der Waals surface area contributed by atoms with Gasteiger partial charge in [0.05, 0.1) is 9.90 Å². The molecule has 0 aliphatic rings. The summed E-state index contributed by atoms with van der Waals surface area (Å²) in [6, 6.07) is 1.66. The van der Waals surface area contributed by atoms with E-state index in [-0.39, 0.29) is 11.7 Å². The van der Waals surface area contributed by atoms with Gasteiger partial charge in [-0.25, -0.2) is 0 Å². The molecule has 0 radical (unpaired) electrons. The summed E-state index contributed by atoms with van der Waals surface area (Å²) in [5.41, 5.74) is 0. The zero-order valence-corrected chi connectivity index (χ0v) is 9.02. The van der Waals surface area contributed by atoms with E-state index in [0.29, 0.717) is 9.90 Å². The van der Waals surface area contributed by atoms with Crippen molar-refractivity contribution in [1.29, 1.82) is 0 Å². The number of rotatable bonds is 3. The summed E-state index contributed by atoms with van der Waals surface area (Å²) in [6.07, 6.45) is -0.948. The molecule has 0 saturated carbocycles. The number of thiophene rings is 1. The second-order valence-electron chi connectivity index (χ2n) is 3.15. The molecule has 1 heterocycles. The second-order valence-corrected chi connectivity index (χ2v) is 4.47. The lowest BCUT2D eigenvalue weighted by Gasteiger charge is -2.11. The van der Waals surface area contributed by atoms with E-state index in [4.69, 9.17) is 11.6 Å². The molecule has 1 rings (SSSR count). The minimum absolute atomic E-state index is 0.0781. The van der Waals surface area contributed by atoms with Gasteiger partial charge in [-0.2, -0.15) is 0 Å². The Morgan fingerprint density at radius 1 is 1.62 bits per heavy atom. The van der Waals surface area contributed by atoms with Crippen LogP contribution in [0.3, 0.4) is 0 Å². The van der Waals surface area contributed by atoms with E-state index in [0.717, 1.165) is 0 Å². The molecule has 0 saturated heterocycles. The quantitative estimate of drug-likeness (QED) is 0.792. The smallest absolute Gasteiger partial charge is 0.202 e. The van der Waals surface area contributed by atoms with Gasteiger partial charge < -0.3 is 5.11 Å². The Kier molecular flexibility index (Phi) is 3.47. The Morgan fingerprint density at radius 2 is 2.23 bits per heavy atom. The zero-order chi connectivity index (χ0) is 10.0. The Labute approximate surface area is 86.2 Å². The fraction of sp³-hybridized carbons (Fsp3) is 0.444. The van der Waals surface area contributed by atoms with Crippen molar-refractivity contribution < 1.29 is 9.90 Å². The molecule has 0 aromatic carbocycles. The van der Waals surface area contributed by atoms with E-state index in [1.54, 1.807) is 25.3 Å². The Bertz CT molecular complexity index is 306. The summed E-state index contributed by atoms with van der Waals surface area (Å²) in [5.74, 6) is -0.360. The third-order valence-corrected chi connectivity index (χ3v) is 3.10. The molecule has 1 atom stereocenters. The van der Waals surface area contributed by atoms with Crippen molar-refractivity contribution in [2.45, 2.75) is 20.0 Å². The normalized spacial score (nSPS) is 13.3. The fourth-order valence-corrected chi connectivity index (χ4v) is 2.03. The lowest BCUT2D eigenvalue weighted by atomic mass is 10.0. The van der Waals surface area contributed by atoms with E-state index < -0.39 is 6.10 Å². The van der Waals surface area contributed by atoms with Crippen LogP contribution in [-0.2, 0) is 0 Å². The van der Waals surface area contributed by atoms with Crippen LogP contribution < -0.4 is 0 Å². The molecule has 0 amide bonds. The van der Waals surface area contributed by atoms with Gasteiger partial charge in [0.2, 0.25) is 5.78 Å². The molecule has 1 unspecified atom stereocenters. The van der Waals surface area contributed by atoms with E-state index in [1.165, 1.54) is 11.3 Å². The molecule has 2 nitrogen and oxygen atoms in total. The third kappa shape index (κ3) is 2.30. The van der Waals surface area contributed by atoms with Crippen molar-refractivity contribution in [3.05, 3.63) is 21.3 Å². The first-order valence-corrected chi connectivity index (χ1v) is 5.25. The van der Waals surface area contributed by atoms with Crippen LogP contribution in [0.5, 0.6) is 0 Å². The van der Waals surface area contributed by atoms with Gasteiger partial charge >= 0.3 is 0 Å². The molecular weight excluding hydrogens is 208 g/mol. The second kappa shape index (κ2) is 4.22. The molecule has 0 aliphatic carbocycles. The van der Waals surface area contributed by atoms with Gasteiger partial charge in [-0.15, -0.1) is 11.3 Å². The summed E-state index contributed by atoms with van der Waals surface area (Å²) in [6.45, 7) is 3.59. The number of carbonyl (C=O) groups excluding carboxylic acids is 1. The van der Waals surface area contributed by atoms with Crippen molar-refractivity contribution in [3.63, 3.8) is 0 Å². The van der Waals surface area contributed by atoms with E-state index >= 15 is 0 Å². The van der Waals surface area contributed by atoms with Gasteiger partial charge in [-0.3, -0.25) is 4.79 Å². The minimum Gasteiger partial charge on any atom is -0.385 e. The maximum Gasteiger partial charge on any atom is 0.202 e. The summed E-state index contributed by atoms with van der Waals surface area (Å²) >= 11 is 7.02. The number of Topliss-reactive ketones (excluding diaryl/α,β-unsaturated/α-hetero) is 1. The van der Waals surface area contributed by atoms with E-state index in [1.807, 2.05) is 0 Å². The van der Waals surface area contributed by atoms with Gasteiger partial charge in [0.25, 0.3) is 0 Å². The van der Waals surface area contributed by atoms with Crippen LogP contribution in [0.25, 0.3) is 0 Å². The summed E-state index contributed by atoms with van der Waals surface area (Å²) < 4.78 is 0. The van der Waals surface area contributed by atoms with Gasteiger partial charge in [-0.1, -0.05) is 25.4 Å². The number of halogens is 1. The largest absolute Gasteiger partial charge is 0.385 e. The van der Waals surface area contributed by atoms with Gasteiger partial charge in [-0.05, 0) is 17.4 Å². The monoisotopic (exact) mass is 218 g/mol. The molecule has 1 N–H and O–H groups in total. The first-order chi connectivity index (χ1) is 6.04. The van der Waals surface area contributed by atoms with Crippen molar-refractivity contribution >= 4 is 28.7 Å². The van der Waals surface area contributed by atoms with Gasteiger partial charge in [0.15, 0.2) is 0 Å². The molecule has 0 aliphatic heterocycles. The van der Waals surface area contributed by atoms with Crippen LogP contribution in [0, 0.1) is 5.92 Å². The molecule has 1 aromatic rings. The van der Waals surface area contributed by atoms with Crippen molar-refractivity contribution in [3.8, 4) is 0 Å². The summed E-state index contributed by atoms with van der Waals surface area (Å²) in [4.78, 5) is 12.0. The maximum atomic E-state index is 11.5. The van der Waals surface area contributed by atoms with Crippen LogP contribution in [0.2, 0.25) is 5.02 Å². The molecular formula is C9H11ClO2S. The summed E-state index contributed by atoms with van der Waals surface area (Å²) in [5, 5.41) is 11.7. The Hall–Kier alpha value is -0.380. The fourth-order valence-electron chi connectivity index (χ4n) is 0.907. The van der Waals surface area contributed by atoms with Crippen LogP contribution >= 0.6 is 22.9 Å². The topological polar surface area (TPSA) is 37.3 Å². The van der Waals surface area contributed by atoms with Gasteiger partial charge in [0, 0.05) is 0 Å². The lowest BCUT2D eigenvalue weighted by Crippen LogP contribution is -2.25. The predicted octanol–water partition coefficient (Wildman–Crippen LogP) is 2.60. The van der Waals surface area contributed by atoms with Crippen molar-refractivity contribution in [1.82, 2.24) is 0 Å². The highest BCUT2D eigenvalue weighted by atomic mass is 35.5. The molecule has 0 spiro atoms. The number of hydrogen-bond donors (Lipinski definition) is 1. The number of hydrogen-bond acceptors (Lipinski definition) is 3. The standard InChI is InChI=1S/C9H11ClO2S/c1-5(2)7(11)8(12)9-6(10)3-4-13-9/h3-5,7,11H,1-2H3. The average molecular weight is 219 g/mol. The average Bonchev–Trinajstić information content (AvgIpc) is 2.48. The predicted molar refractivity (Wildman–Crippen MR) is 54.5 cm³/mol. The zero-order valence-electron chi connectivity index (χ0n) is 7.45. The first-order valence-electron chi connectivity index (χ1n) is 3.99. The van der Waals surface area contributed by atoms with Crippen LogP contribution in [0.15, 0.2) is 11.4 Å². The van der Waals surface area contributed by atoms with Crippen molar-refractivity contribution in [2.24, 2.45) is 5.92 Å². The van der Waals surface area contributed by atoms with E-state index in [2.05, 4.69) is 0 Å². The van der Waals surface area contributed by atoms with Crippen LogP contribution in [-0.4, -0.2) is 17.0 Å². The van der Waals surface area contributed by atoms with E-state index in [9.17, 15) is 9.90 Å². The Balaban J connectivity index is 2.86. The summed E-state index contributed by atoms with van der Waals surface area (Å²) in [7, 11) is 0. The number of carbonyl (C=O) groups is 1. The SMILES string of the molecule is CC(C)C(O)C(=O)c1sccc1Cl. The number of aliphatic hydroxyl groups is 1. The first kappa shape index (κ1) is 10.7. The molecule has 13 heavy (non-hydrogen) atoms. The molecule has 4 heteroatoms. The highest BCUT2D eigenvalue weighted by molar-refractivity contribution is 7.12. The number of ketones is 1. The van der Waals surface area contributed by atoms with Crippen LogP contribution in [0.1, 0.15) is 23.5 Å².